The lowest BCUT2D eigenvalue weighted by Crippen LogP contribution is -2.44. The molecule has 1 aliphatic rings. The summed E-state index contributed by atoms with van der Waals surface area (Å²) in [4.78, 5) is 30.2. The summed E-state index contributed by atoms with van der Waals surface area (Å²) in [7, 11) is 0. The first kappa shape index (κ1) is 21.5. The molecule has 0 aliphatic carbocycles. The van der Waals surface area contributed by atoms with E-state index in [1.165, 1.54) is 11.3 Å². The van der Waals surface area contributed by atoms with E-state index in [2.05, 4.69) is 10.3 Å². The monoisotopic (exact) mass is 450 g/mol. The summed E-state index contributed by atoms with van der Waals surface area (Å²) in [6, 6.07) is 13.2. The Labute approximate surface area is 188 Å². The highest BCUT2D eigenvalue weighted by molar-refractivity contribution is 7.19. The van der Waals surface area contributed by atoms with Crippen LogP contribution in [0.25, 0.3) is 15.8 Å². The summed E-state index contributed by atoms with van der Waals surface area (Å²) < 4.78 is 0.964. The number of benzene rings is 2. The maximum atomic E-state index is 12.6. The average Bonchev–Trinajstić information content (AvgIpc) is 3.31. The molecule has 1 atom stereocenters. The second-order valence-electron chi connectivity index (χ2n) is 7.83. The van der Waals surface area contributed by atoms with E-state index in [0.717, 1.165) is 10.2 Å². The van der Waals surface area contributed by atoms with E-state index < -0.39 is 17.9 Å². The van der Waals surface area contributed by atoms with Crippen molar-refractivity contribution in [3.63, 3.8) is 0 Å². The number of nitrogens with one attached hydrogen (secondary N) is 2. The Kier molecular flexibility index (Phi) is 5.67. The standard InChI is InChI=1S/C23H22N4O4S/c1-12(2)19(23(30)31)26-21(29)13-6-5-7-14(10-13)27-11-16(28)18(20(27)24)22-25-15-8-3-4-9-17(15)32-22/h3-10,12,19,24,28H,11H2,1-2H3,(H,26,29)(H,30,31)/t19-/m1/s1. The number of amidine groups is 1. The number of hydrogen-bond donors (Lipinski definition) is 4. The second-order valence-corrected chi connectivity index (χ2v) is 8.86. The molecule has 2 heterocycles. The summed E-state index contributed by atoms with van der Waals surface area (Å²) in [6.45, 7) is 3.52. The number of amides is 1. The zero-order chi connectivity index (χ0) is 23.0. The van der Waals surface area contributed by atoms with Crippen LogP contribution in [-0.2, 0) is 4.79 Å². The third-order valence-electron chi connectivity index (χ3n) is 5.25. The molecule has 9 heteroatoms. The minimum atomic E-state index is -1.10. The molecule has 2 aromatic carbocycles. The number of aliphatic hydroxyl groups is 1. The molecule has 0 unspecified atom stereocenters. The Morgan fingerprint density at radius 1 is 1.19 bits per heavy atom. The minimum absolute atomic E-state index is 0.0367. The van der Waals surface area contributed by atoms with Crippen LogP contribution in [0.4, 0.5) is 5.69 Å². The van der Waals surface area contributed by atoms with Crippen molar-refractivity contribution in [3.05, 3.63) is 64.9 Å². The highest BCUT2D eigenvalue weighted by atomic mass is 32.1. The molecule has 1 amide bonds. The zero-order valence-electron chi connectivity index (χ0n) is 17.5. The van der Waals surface area contributed by atoms with Crippen molar-refractivity contribution in [2.45, 2.75) is 19.9 Å². The fraction of sp³-hybridized carbons (Fsp3) is 0.217. The molecule has 1 aliphatic heterocycles. The number of rotatable bonds is 6. The molecule has 0 bridgehead atoms. The number of hydrogen-bond acceptors (Lipinski definition) is 6. The number of nitrogens with zero attached hydrogens (tertiary/aromatic N) is 2. The molecule has 0 spiro atoms. The van der Waals surface area contributed by atoms with E-state index >= 15 is 0 Å². The molecule has 0 saturated carbocycles. The number of fused-ring (bicyclic) bond motifs is 1. The van der Waals surface area contributed by atoms with E-state index in [9.17, 15) is 19.8 Å². The van der Waals surface area contributed by atoms with E-state index in [4.69, 9.17) is 5.41 Å². The summed E-state index contributed by atoms with van der Waals surface area (Å²) in [5, 5.41) is 31.7. The number of aliphatic hydroxyl groups excluding tert-OH is 1. The summed E-state index contributed by atoms with van der Waals surface area (Å²) >= 11 is 1.40. The number of carboxylic acid groups (broad SMARTS) is 1. The van der Waals surface area contributed by atoms with Crippen molar-refractivity contribution >= 4 is 50.5 Å². The van der Waals surface area contributed by atoms with E-state index in [1.54, 1.807) is 43.0 Å². The normalized spacial score (nSPS) is 15.0. The molecule has 8 nitrogen and oxygen atoms in total. The SMILES string of the molecule is CC(C)[C@@H](NC(=O)c1cccc(N2CC(O)=C(c3nc4ccccc4s3)C2=N)c1)C(=O)O. The lowest BCUT2D eigenvalue weighted by atomic mass is 10.0. The molecule has 164 valence electrons. The highest BCUT2D eigenvalue weighted by Gasteiger charge is 2.32. The van der Waals surface area contributed by atoms with Crippen LogP contribution in [0, 0.1) is 11.3 Å². The number of aliphatic carboxylic acids is 1. The number of aromatic nitrogens is 1. The predicted octanol–water partition coefficient (Wildman–Crippen LogP) is 3.90. The highest BCUT2D eigenvalue weighted by Crippen LogP contribution is 2.35. The predicted molar refractivity (Wildman–Crippen MR) is 124 cm³/mol. The van der Waals surface area contributed by atoms with Gasteiger partial charge in [0.25, 0.3) is 5.91 Å². The van der Waals surface area contributed by atoms with Gasteiger partial charge in [-0.1, -0.05) is 32.0 Å². The third-order valence-corrected chi connectivity index (χ3v) is 6.30. The van der Waals surface area contributed by atoms with Crippen molar-refractivity contribution in [2.24, 2.45) is 5.92 Å². The maximum Gasteiger partial charge on any atom is 0.326 e. The Balaban J connectivity index is 1.58. The van der Waals surface area contributed by atoms with Gasteiger partial charge in [0, 0.05) is 11.3 Å². The third kappa shape index (κ3) is 3.94. The van der Waals surface area contributed by atoms with Gasteiger partial charge in [-0.05, 0) is 36.2 Å². The molecule has 4 N–H and O–H groups in total. The van der Waals surface area contributed by atoms with Gasteiger partial charge >= 0.3 is 5.97 Å². The lowest BCUT2D eigenvalue weighted by molar-refractivity contribution is -0.140. The van der Waals surface area contributed by atoms with E-state index in [1.807, 2.05) is 24.3 Å². The first-order valence-electron chi connectivity index (χ1n) is 10.0. The lowest BCUT2D eigenvalue weighted by Gasteiger charge is -2.21. The number of carbonyl (C=O) groups is 2. The average molecular weight is 451 g/mol. The van der Waals surface area contributed by atoms with Crippen LogP contribution in [0.1, 0.15) is 29.2 Å². The summed E-state index contributed by atoms with van der Waals surface area (Å²) in [6.07, 6.45) is 0. The maximum absolute atomic E-state index is 12.6. The number of thiazole rings is 1. The largest absolute Gasteiger partial charge is 0.510 e. The molecule has 1 aromatic heterocycles. The van der Waals surface area contributed by atoms with Gasteiger partial charge in [0.1, 0.15) is 22.6 Å². The summed E-state index contributed by atoms with van der Waals surface area (Å²) in [5.41, 5.74) is 1.99. The van der Waals surface area contributed by atoms with Crippen LogP contribution >= 0.6 is 11.3 Å². The van der Waals surface area contributed by atoms with E-state index in [0.29, 0.717) is 16.3 Å². The van der Waals surface area contributed by atoms with Crippen molar-refractivity contribution in [3.8, 4) is 0 Å². The van der Waals surface area contributed by atoms with Gasteiger partial charge < -0.3 is 20.4 Å². The molecule has 3 aromatic rings. The molecular weight excluding hydrogens is 428 g/mol. The summed E-state index contributed by atoms with van der Waals surface area (Å²) in [5.74, 6) is -1.76. The van der Waals surface area contributed by atoms with Gasteiger partial charge in [0.2, 0.25) is 0 Å². The smallest absolute Gasteiger partial charge is 0.326 e. The van der Waals surface area contributed by atoms with Crippen LogP contribution < -0.4 is 10.2 Å². The van der Waals surface area contributed by atoms with Crippen molar-refractivity contribution in [1.29, 1.82) is 5.41 Å². The number of para-hydroxylation sites is 1. The van der Waals surface area contributed by atoms with Gasteiger partial charge in [-0.3, -0.25) is 10.2 Å². The topological polar surface area (TPSA) is 127 Å². The Hall–Kier alpha value is -3.72. The van der Waals surface area contributed by atoms with Gasteiger partial charge in [-0.2, -0.15) is 0 Å². The van der Waals surface area contributed by atoms with Gasteiger partial charge in [-0.25, -0.2) is 9.78 Å². The van der Waals surface area contributed by atoms with Crippen LogP contribution in [0.15, 0.2) is 54.3 Å². The van der Waals surface area contributed by atoms with Gasteiger partial charge in [-0.15, -0.1) is 11.3 Å². The Morgan fingerprint density at radius 2 is 1.94 bits per heavy atom. The molecule has 32 heavy (non-hydrogen) atoms. The first-order chi connectivity index (χ1) is 15.3. The van der Waals surface area contributed by atoms with Crippen LogP contribution in [0.2, 0.25) is 0 Å². The van der Waals surface area contributed by atoms with Crippen molar-refractivity contribution < 1.29 is 19.8 Å². The quantitative estimate of drug-likeness (QED) is 0.451. The Bertz CT molecular complexity index is 1230. The number of carboxylic acids is 1. The molecule has 0 radical (unpaired) electrons. The van der Waals surface area contributed by atoms with Gasteiger partial charge in [0.15, 0.2) is 0 Å². The van der Waals surface area contributed by atoms with Crippen LogP contribution in [0.5, 0.6) is 0 Å². The molecular formula is C23H22N4O4S. The molecule has 4 rings (SSSR count). The van der Waals surface area contributed by atoms with Gasteiger partial charge in [0.05, 0.1) is 22.3 Å². The van der Waals surface area contributed by atoms with Crippen molar-refractivity contribution in [1.82, 2.24) is 10.3 Å². The minimum Gasteiger partial charge on any atom is -0.510 e. The first-order valence-corrected chi connectivity index (χ1v) is 10.9. The van der Waals surface area contributed by atoms with Crippen LogP contribution in [-0.4, -0.2) is 45.5 Å². The Morgan fingerprint density at radius 3 is 2.62 bits per heavy atom. The van der Waals surface area contributed by atoms with E-state index in [-0.39, 0.29) is 29.6 Å². The zero-order valence-corrected chi connectivity index (χ0v) is 18.3. The van der Waals surface area contributed by atoms with Crippen molar-refractivity contribution in [2.75, 3.05) is 11.4 Å². The number of carbonyl (C=O) groups excluding carboxylic acids is 1. The number of anilines is 1. The fourth-order valence-electron chi connectivity index (χ4n) is 3.56. The fourth-order valence-corrected chi connectivity index (χ4v) is 4.59. The molecule has 0 fully saturated rings. The second kappa shape index (κ2) is 8.43. The van der Waals surface area contributed by atoms with Crippen LogP contribution in [0.3, 0.4) is 0 Å². The molecule has 0 saturated heterocycles.